The molecule has 0 amide bonds. The second-order valence-corrected chi connectivity index (χ2v) is 5.20. The Morgan fingerprint density at radius 3 is 2.33 bits per heavy atom. The number of hydrogen-bond donors (Lipinski definition) is 0. The first-order valence-electron chi connectivity index (χ1n) is 7.04. The first-order valence-corrected chi connectivity index (χ1v) is 7.04. The van der Waals surface area contributed by atoms with Gasteiger partial charge < -0.3 is 4.74 Å². The average molecular weight is 273 g/mol. The number of fused-ring (bicyclic) bond motifs is 3. The highest BCUT2D eigenvalue weighted by Crippen LogP contribution is 2.51. The van der Waals surface area contributed by atoms with E-state index >= 15 is 0 Å². The highest BCUT2D eigenvalue weighted by molar-refractivity contribution is 5.79. The highest BCUT2D eigenvalue weighted by atomic mass is 16.5. The van der Waals surface area contributed by atoms with E-state index in [2.05, 4.69) is 41.4 Å². The van der Waals surface area contributed by atoms with Gasteiger partial charge in [0.2, 0.25) is 0 Å². The molecule has 0 spiro atoms. The van der Waals surface area contributed by atoms with E-state index in [-0.39, 0.29) is 0 Å². The van der Waals surface area contributed by atoms with Crippen molar-refractivity contribution in [3.63, 3.8) is 0 Å². The Morgan fingerprint density at radius 2 is 1.52 bits per heavy atom. The molecule has 0 N–H and O–H groups in total. The van der Waals surface area contributed by atoms with Gasteiger partial charge in [0.25, 0.3) is 0 Å². The van der Waals surface area contributed by atoms with Crippen LogP contribution in [-0.2, 0) is 10.3 Å². The van der Waals surface area contributed by atoms with Crippen LogP contribution >= 0.6 is 0 Å². The average Bonchev–Trinajstić information content (AvgIpc) is 2.87. The number of benzene rings is 2. The van der Waals surface area contributed by atoms with Crippen LogP contribution < -0.4 is 0 Å². The zero-order valence-electron chi connectivity index (χ0n) is 11.8. The maximum atomic E-state index is 6.10. The van der Waals surface area contributed by atoms with Crippen LogP contribution in [0, 0.1) is 0 Å². The maximum absolute atomic E-state index is 6.10. The molecule has 0 radical (unpaired) electrons. The molecule has 2 nitrogen and oxygen atoms in total. The molecule has 1 aromatic heterocycles. The van der Waals surface area contributed by atoms with Crippen LogP contribution in [0.25, 0.3) is 11.3 Å². The van der Waals surface area contributed by atoms with Gasteiger partial charge in [-0.05, 0) is 11.6 Å². The predicted molar refractivity (Wildman–Crippen MR) is 83.0 cm³/mol. The Labute approximate surface area is 124 Å². The summed E-state index contributed by atoms with van der Waals surface area (Å²) in [4.78, 5) is 4.59. The number of rotatable bonds is 2. The van der Waals surface area contributed by atoms with E-state index in [9.17, 15) is 0 Å². The largest absolute Gasteiger partial charge is 0.364 e. The molecule has 0 aliphatic heterocycles. The fourth-order valence-corrected chi connectivity index (χ4v) is 3.37. The SMILES string of the molecule is COC1(c2ccccc2)c2ccccc2-c2ncccc21. The van der Waals surface area contributed by atoms with Gasteiger partial charge in [-0.15, -0.1) is 0 Å². The molecule has 0 saturated carbocycles. The Balaban J connectivity index is 2.12. The lowest BCUT2D eigenvalue weighted by molar-refractivity contribution is 0.0623. The smallest absolute Gasteiger partial charge is 0.146 e. The Kier molecular flexibility index (Phi) is 2.66. The molecule has 102 valence electrons. The lowest BCUT2D eigenvalue weighted by atomic mass is 9.84. The second kappa shape index (κ2) is 4.54. The van der Waals surface area contributed by atoms with Crippen molar-refractivity contribution in [2.24, 2.45) is 0 Å². The molecule has 1 aliphatic carbocycles. The first kappa shape index (κ1) is 12.3. The summed E-state index contributed by atoms with van der Waals surface area (Å²) >= 11 is 0. The summed E-state index contributed by atoms with van der Waals surface area (Å²) in [5.41, 5.74) is 5.00. The number of hydrogen-bond acceptors (Lipinski definition) is 2. The fourth-order valence-electron chi connectivity index (χ4n) is 3.37. The molecule has 0 saturated heterocycles. The number of ether oxygens (including phenoxy) is 1. The van der Waals surface area contributed by atoms with Gasteiger partial charge in [-0.3, -0.25) is 4.98 Å². The molecule has 21 heavy (non-hydrogen) atoms. The summed E-state index contributed by atoms with van der Waals surface area (Å²) in [5.74, 6) is 0. The van der Waals surface area contributed by atoms with Gasteiger partial charge in [-0.25, -0.2) is 0 Å². The fraction of sp³-hybridized carbons (Fsp3) is 0.105. The van der Waals surface area contributed by atoms with Crippen molar-refractivity contribution in [1.29, 1.82) is 0 Å². The minimum absolute atomic E-state index is 0.568. The lowest BCUT2D eigenvalue weighted by Crippen LogP contribution is -2.29. The summed E-state index contributed by atoms with van der Waals surface area (Å²) < 4.78 is 6.10. The lowest BCUT2D eigenvalue weighted by Gasteiger charge is -2.30. The highest BCUT2D eigenvalue weighted by Gasteiger charge is 2.45. The van der Waals surface area contributed by atoms with Crippen molar-refractivity contribution < 1.29 is 4.74 Å². The maximum Gasteiger partial charge on any atom is 0.146 e. The molecular weight excluding hydrogens is 258 g/mol. The normalized spacial score (nSPS) is 19.1. The molecule has 3 aromatic rings. The molecule has 2 heteroatoms. The first-order chi connectivity index (χ1) is 10.4. The zero-order valence-corrected chi connectivity index (χ0v) is 11.8. The molecule has 1 unspecified atom stereocenters. The van der Waals surface area contributed by atoms with Crippen molar-refractivity contribution >= 4 is 0 Å². The van der Waals surface area contributed by atoms with Gasteiger partial charge in [0.15, 0.2) is 0 Å². The third-order valence-corrected chi connectivity index (χ3v) is 4.23. The van der Waals surface area contributed by atoms with Gasteiger partial charge in [0.1, 0.15) is 5.60 Å². The number of pyridine rings is 1. The molecule has 1 atom stereocenters. The van der Waals surface area contributed by atoms with Crippen LogP contribution in [0.4, 0.5) is 0 Å². The van der Waals surface area contributed by atoms with Gasteiger partial charge in [0, 0.05) is 30.0 Å². The summed E-state index contributed by atoms with van der Waals surface area (Å²) in [5, 5.41) is 0. The van der Waals surface area contributed by atoms with E-state index in [0.717, 1.165) is 27.9 Å². The zero-order chi connectivity index (χ0) is 14.3. The van der Waals surface area contributed by atoms with Crippen LogP contribution in [-0.4, -0.2) is 12.1 Å². The number of methoxy groups -OCH3 is 1. The van der Waals surface area contributed by atoms with E-state index < -0.39 is 5.60 Å². The Hall–Kier alpha value is -2.45. The summed E-state index contributed by atoms with van der Waals surface area (Å²) in [6, 6.07) is 22.8. The van der Waals surface area contributed by atoms with E-state index in [1.807, 2.05) is 36.5 Å². The van der Waals surface area contributed by atoms with Crippen molar-refractivity contribution in [1.82, 2.24) is 4.98 Å². The minimum Gasteiger partial charge on any atom is -0.364 e. The quantitative estimate of drug-likeness (QED) is 0.704. The third-order valence-electron chi connectivity index (χ3n) is 4.23. The molecular formula is C19H15NO. The van der Waals surface area contributed by atoms with Gasteiger partial charge >= 0.3 is 0 Å². The second-order valence-electron chi connectivity index (χ2n) is 5.20. The molecule has 0 fully saturated rings. The van der Waals surface area contributed by atoms with E-state index in [1.165, 1.54) is 0 Å². The third kappa shape index (κ3) is 1.54. The van der Waals surface area contributed by atoms with Gasteiger partial charge in [-0.1, -0.05) is 60.7 Å². The summed E-state index contributed by atoms with van der Waals surface area (Å²) in [6.07, 6.45) is 1.84. The number of aromatic nitrogens is 1. The molecule has 1 aliphatic rings. The van der Waals surface area contributed by atoms with Crippen LogP contribution in [0.2, 0.25) is 0 Å². The summed E-state index contributed by atoms with van der Waals surface area (Å²) in [6.45, 7) is 0. The van der Waals surface area contributed by atoms with E-state index in [4.69, 9.17) is 4.74 Å². The van der Waals surface area contributed by atoms with Crippen LogP contribution in [0.1, 0.15) is 16.7 Å². The summed E-state index contributed by atoms with van der Waals surface area (Å²) in [7, 11) is 1.77. The topological polar surface area (TPSA) is 22.1 Å². The minimum atomic E-state index is -0.568. The van der Waals surface area contributed by atoms with Crippen molar-refractivity contribution in [3.05, 3.63) is 89.6 Å². The standard InChI is InChI=1S/C19H15NO/c1-21-19(14-8-3-2-4-9-14)16-11-6-5-10-15(16)18-17(19)12-7-13-20-18/h2-13H,1H3. The van der Waals surface area contributed by atoms with Crippen LogP contribution in [0.3, 0.4) is 0 Å². The van der Waals surface area contributed by atoms with E-state index in [0.29, 0.717) is 0 Å². The van der Waals surface area contributed by atoms with E-state index in [1.54, 1.807) is 7.11 Å². The predicted octanol–water partition coefficient (Wildman–Crippen LogP) is 4.00. The Bertz CT molecular complexity index is 750. The van der Waals surface area contributed by atoms with Crippen molar-refractivity contribution in [2.75, 3.05) is 7.11 Å². The van der Waals surface area contributed by atoms with Crippen LogP contribution in [0.5, 0.6) is 0 Å². The molecule has 0 bridgehead atoms. The number of nitrogens with zero attached hydrogens (tertiary/aromatic N) is 1. The van der Waals surface area contributed by atoms with Gasteiger partial charge in [-0.2, -0.15) is 0 Å². The molecule has 1 heterocycles. The van der Waals surface area contributed by atoms with Gasteiger partial charge in [0.05, 0.1) is 5.69 Å². The molecule has 2 aromatic carbocycles. The van der Waals surface area contributed by atoms with Crippen LogP contribution in [0.15, 0.2) is 72.9 Å². The monoisotopic (exact) mass is 273 g/mol. The molecule has 4 rings (SSSR count). The van der Waals surface area contributed by atoms with Crippen molar-refractivity contribution in [3.8, 4) is 11.3 Å². The Morgan fingerprint density at radius 1 is 0.810 bits per heavy atom. The van der Waals surface area contributed by atoms with Crippen molar-refractivity contribution in [2.45, 2.75) is 5.60 Å².